The molecule has 1 aromatic rings. The zero-order valence-corrected chi connectivity index (χ0v) is 10.4. The van der Waals surface area contributed by atoms with E-state index in [0.717, 1.165) is 12.1 Å². The number of carbonyl (C=O) groups excluding carboxylic acids is 1. The van der Waals surface area contributed by atoms with Gasteiger partial charge in [0.15, 0.2) is 0 Å². The third kappa shape index (κ3) is 2.06. The lowest BCUT2D eigenvalue weighted by atomic mass is 9.82. The third-order valence-electron chi connectivity index (χ3n) is 3.48. The summed E-state index contributed by atoms with van der Waals surface area (Å²) in [6.07, 6.45) is 0. The zero-order chi connectivity index (χ0) is 13.5. The first-order valence-electron chi connectivity index (χ1n) is 5.83. The smallest absolute Gasteiger partial charge is 0.257 e. The maximum atomic E-state index is 12.8. The molecule has 1 heterocycles. The Morgan fingerprint density at radius 1 is 1.44 bits per heavy atom. The number of halogens is 1. The van der Waals surface area contributed by atoms with Crippen LogP contribution < -0.4 is 0 Å². The van der Waals surface area contributed by atoms with Crippen LogP contribution in [0.15, 0.2) is 18.2 Å². The molecule has 18 heavy (non-hydrogen) atoms. The van der Waals surface area contributed by atoms with E-state index < -0.39 is 17.3 Å². The van der Waals surface area contributed by atoms with E-state index in [2.05, 4.69) is 0 Å². The molecular weight excluding hydrogens is 237 g/mol. The number of amides is 1. The normalized spacial score (nSPS) is 17.7. The van der Waals surface area contributed by atoms with Gasteiger partial charge in [-0.1, -0.05) is 13.8 Å². The Kier molecular flexibility index (Phi) is 3.02. The van der Waals surface area contributed by atoms with Crippen molar-refractivity contribution < 1.29 is 19.4 Å². The molecule has 0 atom stereocenters. The summed E-state index contributed by atoms with van der Waals surface area (Å²) in [4.78, 5) is 13.4. The van der Waals surface area contributed by atoms with Gasteiger partial charge in [-0.2, -0.15) is 0 Å². The Bertz CT molecular complexity index is 481. The average molecular weight is 253 g/mol. The lowest BCUT2D eigenvalue weighted by molar-refractivity contribution is -0.110. The van der Waals surface area contributed by atoms with Gasteiger partial charge in [0.2, 0.25) is 0 Å². The number of aromatic hydroxyl groups is 1. The molecule has 1 saturated heterocycles. The molecule has 1 fully saturated rings. The standard InChI is InChI=1S/C13H16FNO3/c1-8(2)13(18)6-15(7-13)12(17)10-4-3-9(14)5-11(10)16/h3-5,8,16,18H,6-7H2,1-2H3. The Morgan fingerprint density at radius 3 is 2.56 bits per heavy atom. The van der Waals surface area contributed by atoms with Crippen molar-refractivity contribution in [1.29, 1.82) is 0 Å². The van der Waals surface area contributed by atoms with Crippen LogP contribution >= 0.6 is 0 Å². The number of benzene rings is 1. The highest BCUT2D eigenvalue weighted by Crippen LogP contribution is 2.31. The van der Waals surface area contributed by atoms with Crippen LogP contribution in [0.1, 0.15) is 24.2 Å². The van der Waals surface area contributed by atoms with Crippen LogP contribution in [-0.4, -0.2) is 39.7 Å². The maximum Gasteiger partial charge on any atom is 0.257 e. The van der Waals surface area contributed by atoms with Gasteiger partial charge in [-0.15, -0.1) is 0 Å². The summed E-state index contributed by atoms with van der Waals surface area (Å²) in [5.74, 6) is -1.30. The Morgan fingerprint density at radius 2 is 2.06 bits per heavy atom. The van der Waals surface area contributed by atoms with Gasteiger partial charge >= 0.3 is 0 Å². The summed E-state index contributed by atoms with van der Waals surface area (Å²) >= 11 is 0. The number of hydrogen-bond donors (Lipinski definition) is 2. The van der Waals surface area contributed by atoms with Gasteiger partial charge in [-0.05, 0) is 18.1 Å². The largest absolute Gasteiger partial charge is 0.507 e. The predicted molar refractivity (Wildman–Crippen MR) is 63.8 cm³/mol. The first kappa shape index (κ1) is 12.8. The Balaban J connectivity index is 2.11. The highest BCUT2D eigenvalue weighted by molar-refractivity contribution is 5.97. The first-order chi connectivity index (χ1) is 8.33. The number of hydrogen-bond acceptors (Lipinski definition) is 3. The fourth-order valence-electron chi connectivity index (χ4n) is 1.98. The van der Waals surface area contributed by atoms with Gasteiger partial charge < -0.3 is 15.1 Å². The number of carbonyl (C=O) groups is 1. The third-order valence-corrected chi connectivity index (χ3v) is 3.48. The van der Waals surface area contributed by atoms with Crippen molar-refractivity contribution >= 4 is 5.91 Å². The van der Waals surface area contributed by atoms with Crippen LogP contribution in [0.2, 0.25) is 0 Å². The van der Waals surface area contributed by atoms with Crippen molar-refractivity contribution in [2.75, 3.05) is 13.1 Å². The van der Waals surface area contributed by atoms with Crippen LogP contribution in [0.5, 0.6) is 5.75 Å². The van der Waals surface area contributed by atoms with E-state index in [-0.39, 0.29) is 30.3 Å². The molecule has 0 unspecified atom stereocenters. The number of phenolic OH excluding ortho intramolecular Hbond substituents is 1. The van der Waals surface area contributed by atoms with Crippen molar-refractivity contribution in [3.8, 4) is 5.75 Å². The SMILES string of the molecule is CC(C)C1(O)CN(C(=O)c2ccc(F)cc2O)C1. The molecule has 0 bridgehead atoms. The van der Waals surface area contributed by atoms with Gasteiger partial charge in [0.05, 0.1) is 18.7 Å². The molecule has 5 heteroatoms. The minimum Gasteiger partial charge on any atom is -0.507 e. The molecule has 98 valence electrons. The van der Waals surface area contributed by atoms with Gasteiger partial charge in [-0.25, -0.2) is 4.39 Å². The maximum absolute atomic E-state index is 12.8. The summed E-state index contributed by atoms with van der Waals surface area (Å²) in [7, 11) is 0. The Hall–Kier alpha value is -1.62. The summed E-state index contributed by atoms with van der Waals surface area (Å²) < 4.78 is 12.8. The molecule has 1 aliphatic rings. The molecule has 4 nitrogen and oxygen atoms in total. The van der Waals surface area contributed by atoms with E-state index in [1.807, 2.05) is 13.8 Å². The molecule has 0 spiro atoms. The molecule has 1 aromatic carbocycles. The predicted octanol–water partition coefficient (Wildman–Crippen LogP) is 1.37. The Labute approximate surface area is 105 Å². The van der Waals surface area contributed by atoms with E-state index in [0.29, 0.717) is 0 Å². The summed E-state index contributed by atoms with van der Waals surface area (Å²) in [6, 6.07) is 3.28. The minimum absolute atomic E-state index is 0.0576. The monoisotopic (exact) mass is 253 g/mol. The summed E-state index contributed by atoms with van der Waals surface area (Å²) in [6.45, 7) is 4.25. The lowest BCUT2D eigenvalue weighted by Crippen LogP contribution is -2.65. The van der Waals surface area contributed by atoms with E-state index in [1.165, 1.54) is 11.0 Å². The highest BCUT2D eigenvalue weighted by Gasteiger charge is 2.46. The first-order valence-corrected chi connectivity index (χ1v) is 5.83. The zero-order valence-electron chi connectivity index (χ0n) is 10.4. The number of rotatable bonds is 2. The van der Waals surface area contributed by atoms with E-state index in [9.17, 15) is 19.4 Å². The van der Waals surface area contributed by atoms with Crippen LogP contribution in [0, 0.1) is 11.7 Å². The average Bonchev–Trinajstić information content (AvgIpc) is 2.23. The highest BCUT2D eigenvalue weighted by atomic mass is 19.1. The number of aliphatic hydroxyl groups is 1. The van der Waals surface area contributed by atoms with Crippen molar-refractivity contribution in [3.63, 3.8) is 0 Å². The van der Waals surface area contributed by atoms with Crippen LogP contribution in [0.4, 0.5) is 4.39 Å². The second-order valence-electron chi connectivity index (χ2n) is 5.08. The molecule has 0 saturated carbocycles. The van der Waals surface area contributed by atoms with Crippen molar-refractivity contribution in [3.05, 3.63) is 29.6 Å². The fourth-order valence-corrected chi connectivity index (χ4v) is 1.98. The van der Waals surface area contributed by atoms with Gasteiger partial charge in [0.25, 0.3) is 5.91 Å². The second kappa shape index (κ2) is 4.24. The summed E-state index contributed by atoms with van der Waals surface area (Å²) in [5.41, 5.74) is -0.798. The van der Waals surface area contributed by atoms with Crippen molar-refractivity contribution in [2.24, 2.45) is 5.92 Å². The van der Waals surface area contributed by atoms with E-state index in [4.69, 9.17) is 0 Å². The number of nitrogens with zero attached hydrogens (tertiary/aromatic N) is 1. The van der Waals surface area contributed by atoms with E-state index in [1.54, 1.807) is 0 Å². The molecular formula is C13H16FNO3. The second-order valence-corrected chi connectivity index (χ2v) is 5.08. The van der Waals surface area contributed by atoms with Crippen LogP contribution in [-0.2, 0) is 0 Å². The van der Waals surface area contributed by atoms with Crippen molar-refractivity contribution in [2.45, 2.75) is 19.4 Å². The molecule has 2 rings (SSSR count). The topological polar surface area (TPSA) is 60.8 Å². The van der Waals surface area contributed by atoms with Crippen LogP contribution in [0.25, 0.3) is 0 Å². The molecule has 0 aliphatic carbocycles. The molecule has 1 aliphatic heterocycles. The minimum atomic E-state index is -0.856. The van der Waals surface area contributed by atoms with Gasteiger partial charge in [0.1, 0.15) is 17.2 Å². The van der Waals surface area contributed by atoms with Gasteiger partial charge in [0, 0.05) is 6.07 Å². The van der Waals surface area contributed by atoms with Crippen LogP contribution in [0.3, 0.4) is 0 Å². The van der Waals surface area contributed by atoms with E-state index >= 15 is 0 Å². The van der Waals surface area contributed by atoms with Crippen molar-refractivity contribution in [1.82, 2.24) is 4.90 Å². The molecule has 0 aromatic heterocycles. The molecule has 0 radical (unpaired) electrons. The number of β-amino-alcohol motifs (C(OH)–C–C–N with tert-alkyl or cyclic N) is 1. The lowest BCUT2D eigenvalue weighted by Gasteiger charge is -2.49. The molecule has 2 N–H and O–H groups in total. The van der Waals surface area contributed by atoms with Gasteiger partial charge in [-0.3, -0.25) is 4.79 Å². The number of phenols is 1. The molecule has 1 amide bonds. The fraction of sp³-hybridized carbons (Fsp3) is 0.462. The quantitative estimate of drug-likeness (QED) is 0.837. The number of likely N-dealkylation sites (tertiary alicyclic amines) is 1. The summed E-state index contributed by atoms with van der Waals surface area (Å²) in [5, 5.41) is 19.6.